The first kappa shape index (κ1) is 18.5. The van der Waals surface area contributed by atoms with Crippen LogP contribution in [0.15, 0.2) is 52.3 Å². The maximum atomic E-state index is 6.16. The highest BCUT2D eigenvalue weighted by Crippen LogP contribution is 2.32. The van der Waals surface area contributed by atoms with Crippen molar-refractivity contribution in [3.05, 3.63) is 48.0 Å². The zero-order valence-electron chi connectivity index (χ0n) is 14.8. The minimum Gasteiger partial charge on any atom is -0.491 e. The molecule has 3 rings (SSSR count). The van der Waals surface area contributed by atoms with Crippen molar-refractivity contribution in [2.75, 3.05) is 30.4 Å². The van der Waals surface area contributed by atoms with Crippen LogP contribution >= 0.6 is 23.5 Å². The van der Waals surface area contributed by atoms with Crippen LogP contribution in [0.4, 0.5) is 5.69 Å². The van der Waals surface area contributed by atoms with Gasteiger partial charge in [0, 0.05) is 27.0 Å². The highest BCUT2D eigenvalue weighted by atomic mass is 32.2. The van der Waals surface area contributed by atoms with Crippen LogP contribution in [0.2, 0.25) is 0 Å². The van der Waals surface area contributed by atoms with Crippen LogP contribution in [-0.2, 0) is 0 Å². The fourth-order valence-electron chi connectivity index (χ4n) is 2.67. The highest BCUT2D eigenvalue weighted by molar-refractivity contribution is 7.99. The van der Waals surface area contributed by atoms with Gasteiger partial charge in [0.2, 0.25) is 0 Å². The van der Waals surface area contributed by atoms with Gasteiger partial charge in [-0.25, -0.2) is 0 Å². The normalized spacial score (nSPS) is 18.1. The van der Waals surface area contributed by atoms with Crippen LogP contribution in [0.3, 0.4) is 0 Å². The molecule has 0 radical (unpaired) electrons. The maximum absolute atomic E-state index is 6.16. The lowest BCUT2D eigenvalue weighted by Crippen LogP contribution is -2.39. The second kappa shape index (κ2) is 8.88. The van der Waals surface area contributed by atoms with E-state index < -0.39 is 0 Å². The summed E-state index contributed by atoms with van der Waals surface area (Å²) in [6.45, 7) is 6.07. The molecule has 1 aliphatic heterocycles. The summed E-state index contributed by atoms with van der Waals surface area (Å²) in [6, 6.07) is 14.9. The zero-order valence-corrected chi connectivity index (χ0v) is 16.5. The number of hydrogen-bond donors (Lipinski definition) is 2. The SMILES string of the molecule is Cc1cccc(SC[C@@H](C)CN[C@@H]2COc3ccccc3SC2)c1N. The fraction of sp³-hybridized carbons (Fsp3) is 0.400. The Hall–Kier alpha value is -1.30. The molecule has 1 heterocycles. The molecule has 2 aromatic rings. The molecule has 1 aliphatic rings. The quantitative estimate of drug-likeness (QED) is 0.578. The van der Waals surface area contributed by atoms with Crippen molar-refractivity contribution >= 4 is 29.2 Å². The monoisotopic (exact) mass is 374 g/mol. The van der Waals surface area contributed by atoms with Gasteiger partial charge in [-0.3, -0.25) is 0 Å². The van der Waals surface area contributed by atoms with E-state index in [4.69, 9.17) is 10.5 Å². The molecule has 5 heteroatoms. The Morgan fingerprint density at radius 3 is 3.00 bits per heavy atom. The van der Waals surface area contributed by atoms with Crippen LogP contribution < -0.4 is 15.8 Å². The standard InChI is InChI=1S/C20H26N2OS2/c1-14(12-24-19-9-5-6-15(2)20(19)21)10-22-16-11-23-17-7-3-4-8-18(17)25-13-16/h3-9,14,16,22H,10-13,21H2,1-2H3/t14-,16+/m0/s1. The minimum atomic E-state index is 0.383. The first-order valence-corrected chi connectivity index (χ1v) is 10.7. The number of benzene rings is 2. The fourth-order valence-corrected chi connectivity index (χ4v) is 4.79. The average molecular weight is 375 g/mol. The second-order valence-electron chi connectivity index (χ2n) is 6.58. The van der Waals surface area contributed by atoms with Gasteiger partial charge in [-0.15, -0.1) is 23.5 Å². The number of rotatable bonds is 6. The van der Waals surface area contributed by atoms with Crippen LogP contribution in [-0.4, -0.2) is 30.7 Å². The van der Waals surface area contributed by atoms with Gasteiger partial charge in [-0.05, 0) is 43.1 Å². The summed E-state index contributed by atoms with van der Waals surface area (Å²) in [5, 5.41) is 3.67. The van der Waals surface area contributed by atoms with E-state index in [2.05, 4.69) is 55.6 Å². The van der Waals surface area contributed by atoms with E-state index in [9.17, 15) is 0 Å². The Bertz CT molecular complexity index is 681. The van der Waals surface area contributed by atoms with Gasteiger partial charge >= 0.3 is 0 Å². The summed E-state index contributed by atoms with van der Waals surface area (Å²) < 4.78 is 5.95. The van der Waals surface area contributed by atoms with Crippen molar-refractivity contribution in [1.29, 1.82) is 0 Å². The third-order valence-corrected chi connectivity index (χ3v) is 6.91. The molecular weight excluding hydrogens is 348 g/mol. The zero-order chi connectivity index (χ0) is 17.6. The van der Waals surface area contributed by atoms with Crippen molar-refractivity contribution < 1.29 is 4.74 Å². The molecule has 0 aromatic heterocycles. The molecule has 0 saturated heterocycles. The van der Waals surface area contributed by atoms with Crippen molar-refractivity contribution in [2.24, 2.45) is 5.92 Å². The molecule has 3 nitrogen and oxygen atoms in total. The van der Waals surface area contributed by atoms with Crippen LogP contribution in [0.5, 0.6) is 5.75 Å². The van der Waals surface area contributed by atoms with Crippen molar-refractivity contribution in [3.63, 3.8) is 0 Å². The van der Waals surface area contributed by atoms with Crippen LogP contribution in [0, 0.1) is 12.8 Å². The van der Waals surface area contributed by atoms with Crippen molar-refractivity contribution in [2.45, 2.75) is 29.7 Å². The molecular formula is C20H26N2OS2. The smallest absolute Gasteiger partial charge is 0.132 e. The number of fused-ring (bicyclic) bond motifs is 1. The summed E-state index contributed by atoms with van der Waals surface area (Å²) >= 11 is 3.72. The van der Waals surface area contributed by atoms with E-state index in [0.29, 0.717) is 12.0 Å². The summed E-state index contributed by atoms with van der Waals surface area (Å²) in [6.07, 6.45) is 0. The van der Waals surface area contributed by atoms with Gasteiger partial charge in [0.15, 0.2) is 0 Å². The van der Waals surface area contributed by atoms with Crippen molar-refractivity contribution in [1.82, 2.24) is 5.32 Å². The minimum absolute atomic E-state index is 0.383. The highest BCUT2D eigenvalue weighted by Gasteiger charge is 2.17. The number of aryl methyl sites for hydroxylation is 1. The molecule has 134 valence electrons. The number of nitrogen functional groups attached to an aromatic ring is 1. The van der Waals surface area contributed by atoms with E-state index in [1.54, 1.807) is 0 Å². The van der Waals surface area contributed by atoms with Gasteiger partial charge in [0.05, 0.1) is 6.04 Å². The van der Waals surface area contributed by atoms with Crippen LogP contribution in [0.1, 0.15) is 12.5 Å². The molecule has 0 fully saturated rings. The average Bonchev–Trinajstić information content (AvgIpc) is 2.84. The molecule has 2 atom stereocenters. The molecule has 2 aromatic carbocycles. The molecule has 0 bridgehead atoms. The predicted octanol–water partition coefficient (Wildman–Crippen LogP) is 4.45. The van der Waals surface area contributed by atoms with Gasteiger partial charge < -0.3 is 15.8 Å². The van der Waals surface area contributed by atoms with E-state index in [1.165, 1.54) is 9.79 Å². The number of anilines is 1. The number of nitrogens with one attached hydrogen (secondary N) is 1. The van der Waals surface area contributed by atoms with Crippen molar-refractivity contribution in [3.8, 4) is 5.75 Å². The Kier molecular flexibility index (Phi) is 6.57. The Morgan fingerprint density at radius 2 is 2.12 bits per heavy atom. The number of para-hydroxylation sites is 2. The number of thioether (sulfide) groups is 2. The molecule has 0 amide bonds. The summed E-state index contributed by atoms with van der Waals surface area (Å²) in [5.41, 5.74) is 8.23. The topological polar surface area (TPSA) is 47.3 Å². The van der Waals surface area contributed by atoms with Gasteiger partial charge in [0.25, 0.3) is 0 Å². The second-order valence-corrected chi connectivity index (χ2v) is 8.70. The number of hydrogen-bond acceptors (Lipinski definition) is 5. The Balaban J connectivity index is 1.43. The molecule has 25 heavy (non-hydrogen) atoms. The largest absolute Gasteiger partial charge is 0.491 e. The lowest BCUT2D eigenvalue weighted by Gasteiger charge is -2.19. The molecule has 0 unspecified atom stereocenters. The molecule has 0 aliphatic carbocycles. The number of nitrogens with two attached hydrogens (primary N) is 1. The van der Waals surface area contributed by atoms with E-state index in [1.807, 2.05) is 29.6 Å². The third-order valence-electron chi connectivity index (χ3n) is 4.29. The molecule has 3 N–H and O–H groups in total. The lowest BCUT2D eigenvalue weighted by molar-refractivity contribution is 0.270. The van der Waals surface area contributed by atoms with Crippen LogP contribution in [0.25, 0.3) is 0 Å². The van der Waals surface area contributed by atoms with E-state index >= 15 is 0 Å². The molecule has 0 spiro atoms. The summed E-state index contributed by atoms with van der Waals surface area (Å²) in [7, 11) is 0. The first-order valence-electron chi connectivity index (χ1n) is 8.69. The third kappa shape index (κ3) is 5.09. The van der Waals surface area contributed by atoms with E-state index in [-0.39, 0.29) is 0 Å². The summed E-state index contributed by atoms with van der Waals surface area (Å²) in [5.74, 6) is 3.68. The van der Waals surface area contributed by atoms with E-state index in [0.717, 1.165) is 41.7 Å². The van der Waals surface area contributed by atoms with Gasteiger partial charge in [-0.1, -0.05) is 31.2 Å². The Labute approximate surface area is 159 Å². The summed E-state index contributed by atoms with van der Waals surface area (Å²) in [4.78, 5) is 2.43. The molecule has 0 saturated carbocycles. The first-order chi connectivity index (χ1) is 12.1. The lowest BCUT2D eigenvalue weighted by atomic mass is 10.2. The maximum Gasteiger partial charge on any atom is 0.132 e. The Morgan fingerprint density at radius 1 is 1.28 bits per heavy atom. The number of ether oxygens (including phenoxy) is 1. The predicted molar refractivity (Wildman–Crippen MR) is 110 cm³/mol. The van der Waals surface area contributed by atoms with Gasteiger partial charge in [-0.2, -0.15) is 0 Å². The van der Waals surface area contributed by atoms with Gasteiger partial charge in [0.1, 0.15) is 12.4 Å².